The number of hydrogen-bond donors (Lipinski definition) is 2. The lowest BCUT2D eigenvalue weighted by Gasteiger charge is -2.22. The van der Waals surface area contributed by atoms with E-state index >= 15 is 0 Å². The SMILES string of the molecule is Cc1ccc(C(CN)C(O)CCCc2cccs2)cc1. The molecule has 0 saturated heterocycles. The smallest absolute Gasteiger partial charge is 0.0621 e. The Morgan fingerprint density at radius 1 is 1.20 bits per heavy atom. The van der Waals surface area contributed by atoms with E-state index in [1.165, 1.54) is 10.4 Å². The van der Waals surface area contributed by atoms with E-state index in [0.717, 1.165) is 24.8 Å². The van der Waals surface area contributed by atoms with Gasteiger partial charge in [0.1, 0.15) is 0 Å². The predicted molar refractivity (Wildman–Crippen MR) is 86.2 cm³/mol. The standard InChI is InChI=1S/C17H23NOS/c1-13-7-9-14(10-8-13)16(12-18)17(19)6-2-4-15-5-3-11-20-15/h3,5,7-11,16-17,19H,2,4,6,12,18H2,1H3. The lowest BCUT2D eigenvalue weighted by atomic mass is 9.90. The molecule has 2 atom stereocenters. The minimum Gasteiger partial charge on any atom is -0.392 e. The average Bonchev–Trinajstić information content (AvgIpc) is 2.95. The summed E-state index contributed by atoms with van der Waals surface area (Å²) in [6.45, 7) is 2.56. The van der Waals surface area contributed by atoms with E-state index in [1.807, 2.05) is 0 Å². The van der Waals surface area contributed by atoms with Crippen LogP contribution >= 0.6 is 11.3 Å². The van der Waals surface area contributed by atoms with Crippen molar-refractivity contribution in [2.24, 2.45) is 5.73 Å². The first-order valence-corrected chi connectivity index (χ1v) is 8.05. The van der Waals surface area contributed by atoms with Crippen molar-refractivity contribution in [3.05, 3.63) is 57.8 Å². The van der Waals surface area contributed by atoms with Gasteiger partial charge in [0.2, 0.25) is 0 Å². The molecule has 1 aromatic carbocycles. The zero-order valence-corrected chi connectivity index (χ0v) is 12.8. The molecule has 0 saturated carbocycles. The molecule has 2 unspecified atom stereocenters. The van der Waals surface area contributed by atoms with E-state index in [-0.39, 0.29) is 12.0 Å². The molecule has 1 aromatic heterocycles. The van der Waals surface area contributed by atoms with Crippen molar-refractivity contribution in [3.63, 3.8) is 0 Å². The third kappa shape index (κ3) is 4.17. The second-order valence-corrected chi connectivity index (χ2v) is 6.32. The first-order valence-electron chi connectivity index (χ1n) is 7.18. The Balaban J connectivity index is 1.88. The summed E-state index contributed by atoms with van der Waals surface area (Å²) in [5, 5.41) is 12.5. The molecular weight excluding hydrogens is 266 g/mol. The van der Waals surface area contributed by atoms with Crippen molar-refractivity contribution < 1.29 is 5.11 Å². The van der Waals surface area contributed by atoms with Gasteiger partial charge in [0.05, 0.1) is 6.10 Å². The summed E-state index contributed by atoms with van der Waals surface area (Å²) >= 11 is 1.78. The summed E-state index contributed by atoms with van der Waals surface area (Å²) in [4.78, 5) is 1.39. The number of thiophene rings is 1. The zero-order valence-electron chi connectivity index (χ0n) is 12.0. The molecule has 1 heterocycles. The third-order valence-electron chi connectivity index (χ3n) is 3.73. The Morgan fingerprint density at radius 3 is 2.55 bits per heavy atom. The second kappa shape index (κ2) is 7.58. The summed E-state index contributed by atoms with van der Waals surface area (Å²) in [6, 6.07) is 12.5. The van der Waals surface area contributed by atoms with Crippen LogP contribution in [0.2, 0.25) is 0 Å². The van der Waals surface area contributed by atoms with Crippen LogP contribution in [0.25, 0.3) is 0 Å². The van der Waals surface area contributed by atoms with Crippen LogP contribution in [0, 0.1) is 6.92 Å². The largest absolute Gasteiger partial charge is 0.392 e. The molecule has 0 aliphatic rings. The van der Waals surface area contributed by atoms with E-state index in [0.29, 0.717) is 6.54 Å². The number of rotatable bonds is 7. The third-order valence-corrected chi connectivity index (χ3v) is 4.66. The number of hydrogen-bond acceptors (Lipinski definition) is 3. The minimum absolute atomic E-state index is 0.0407. The highest BCUT2D eigenvalue weighted by atomic mass is 32.1. The summed E-state index contributed by atoms with van der Waals surface area (Å²) in [6.07, 6.45) is 2.49. The van der Waals surface area contributed by atoms with Crippen molar-refractivity contribution in [2.75, 3.05) is 6.54 Å². The van der Waals surface area contributed by atoms with E-state index in [2.05, 4.69) is 48.7 Å². The van der Waals surface area contributed by atoms with Crippen LogP contribution in [-0.2, 0) is 6.42 Å². The van der Waals surface area contributed by atoms with E-state index in [4.69, 9.17) is 5.73 Å². The van der Waals surface area contributed by atoms with Gasteiger partial charge < -0.3 is 10.8 Å². The van der Waals surface area contributed by atoms with E-state index in [1.54, 1.807) is 11.3 Å². The molecule has 0 bridgehead atoms. The molecule has 0 radical (unpaired) electrons. The predicted octanol–water partition coefficient (Wildman–Crippen LogP) is 3.48. The van der Waals surface area contributed by atoms with Crippen molar-refractivity contribution in [1.82, 2.24) is 0 Å². The Labute approximate surface area is 125 Å². The van der Waals surface area contributed by atoms with Gasteiger partial charge in [-0.25, -0.2) is 0 Å². The van der Waals surface area contributed by atoms with Gasteiger partial charge in [0, 0.05) is 17.3 Å². The summed E-state index contributed by atoms with van der Waals surface area (Å²) in [5.41, 5.74) is 8.23. The van der Waals surface area contributed by atoms with Gasteiger partial charge in [-0.15, -0.1) is 11.3 Å². The van der Waals surface area contributed by atoms with Gasteiger partial charge in [0.25, 0.3) is 0 Å². The van der Waals surface area contributed by atoms with Crippen LogP contribution in [-0.4, -0.2) is 17.8 Å². The van der Waals surface area contributed by atoms with Crippen LogP contribution in [0.15, 0.2) is 41.8 Å². The maximum absolute atomic E-state index is 10.4. The van der Waals surface area contributed by atoms with E-state index < -0.39 is 0 Å². The Kier molecular flexibility index (Phi) is 5.77. The van der Waals surface area contributed by atoms with Gasteiger partial charge in [-0.1, -0.05) is 35.9 Å². The van der Waals surface area contributed by atoms with Crippen LogP contribution in [0.3, 0.4) is 0 Å². The van der Waals surface area contributed by atoms with Crippen LogP contribution in [0.5, 0.6) is 0 Å². The Bertz CT molecular complexity index is 492. The first kappa shape index (κ1) is 15.2. The number of aliphatic hydroxyl groups is 1. The van der Waals surface area contributed by atoms with Crippen molar-refractivity contribution >= 4 is 11.3 Å². The van der Waals surface area contributed by atoms with Crippen LogP contribution in [0.1, 0.15) is 34.8 Å². The highest BCUT2D eigenvalue weighted by Gasteiger charge is 2.19. The summed E-state index contributed by atoms with van der Waals surface area (Å²) < 4.78 is 0. The highest BCUT2D eigenvalue weighted by molar-refractivity contribution is 7.09. The molecule has 0 spiro atoms. The Morgan fingerprint density at radius 2 is 1.95 bits per heavy atom. The second-order valence-electron chi connectivity index (χ2n) is 5.29. The van der Waals surface area contributed by atoms with Gasteiger partial charge >= 0.3 is 0 Å². The van der Waals surface area contributed by atoms with Crippen molar-refractivity contribution in [2.45, 2.75) is 38.2 Å². The maximum Gasteiger partial charge on any atom is 0.0621 e. The molecular formula is C17H23NOS. The fourth-order valence-electron chi connectivity index (χ4n) is 2.47. The van der Waals surface area contributed by atoms with Gasteiger partial charge in [-0.2, -0.15) is 0 Å². The zero-order chi connectivity index (χ0) is 14.4. The average molecular weight is 289 g/mol. The van der Waals surface area contributed by atoms with Crippen LogP contribution in [0.4, 0.5) is 0 Å². The molecule has 2 rings (SSSR count). The molecule has 0 amide bonds. The molecule has 2 nitrogen and oxygen atoms in total. The monoisotopic (exact) mass is 289 g/mol. The fraction of sp³-hybridized carbons (Fsp3) is 0.412. The lowest BCUT2D eigenvalue weighted by molar-refractivity contribution is 0.133. The molecule has 108 valence electrons. The first-order chi connectivity index (χ1) is 9.70. The van der Waals surface area contributed by atoms with Crippen molar-refractivity contribution in [3.8, 4) is 0 Å². The normalized spacial score (nSPS) is 14.2. The van der Waals surface area contributed by atoms with E-state index in [9.17, 15) is 5.11 Å². The molecule has 3 heteroatoms. The molecule has 20 heavy (non-hydrogen) atoms. The minimum atomic E-state index is -0.359. The number of aryl methyl sites for hydroxylation is 2. The molecule has 0 aliphatic heterocycles. The number of benzene rings is 1. The quantitative estimate of drug-likeness (QED) is 0.819. The topological polar surface area (TPSA) is 46.2 Å². The molecule has 0 fully saturated rings. The summed E-state index contributed by atoms with van der Waals surface area (Å²) in [7, 11) is 0. The highest BCUT2D eigenvalue weighted by Crippen LogP contribution is 2.23. The Hall–Kier alpha value is -1.16. The maximum atomic E-state index is 10.4. The molecule has 3 N–H and O–H groups in total. The number of aliphatic hydroxyl groups excluding tert-OH is 1. The molecule has 0 aliphatic carbocycles. The van der Waals surface area contributed by atoms with Crippen LogP contribution < -0.4 is 5.73 Å². The molecule has 2 aromatic rings. The number of nitrogens with two attached hydrogens (primary N) is 1. The lowest BCUT2D eigenvalue weighted by Crippen LogP contribution is -2.26. The van der Waals surface area contributed by atoms with Gasteiger partial charge in [0.15, 0.2) is 0 Å². The van der Waals surface area contributed by atoms with Crippen molar-refractivity contribution in [1.29, 1.82) is 0 Å². The fourth-order valence-corrected chi connectivity index (χ4v) is 3.22. The summed E-state index contributed by atoms with van der Waals surface area (Å²) in [5.74, 6) is 0.0407. The van der Waals surface area contributed by atoms with Gasteiger partial charge in [-0.05, 0) is 43.2 Å². The van der Waals surface area contributed by atoms with Gasteiger partial charge in [-0.3, -0.25) is 0 Å².